The highest BCUT2D eigenvalue weighted by Gasteiger charge is 2.49. The molecule has 1 atom stereocenters. The van der Waals surface area contributed by atoms with Gasteiger partial charge in [-0.05, 0) is 55.5 Å². The van der Waals surface area contributed by atoms with Gasteiger partial charge in [-0.15, -0.1) is 0 Å². The normalized spacial score (nSPS) is 14.4. The maximum atomic E-state index is 13.3. The van der Waals surface area contributed by atoms with Crippen LogP contribution in [0, 0.1) is 5.41 Å². The van der Waals surface area contributed by atoms with Crippen molar-refractivity contribution in [3.8, 4) is 5.75 Å². The van der Waals surface area contributed by atoms with Crippen molar-refractivity contribution in [2.45, 2.75) is 66.2 Å². The number of carbonyl (C=O) groups is 3. The Morgan fingerprint density at radius 2 is 1.59 bits per heavy atom. The number of hydrogen-bond acceptors (Lipinski definition) is 6. The van der Waals surface area contributed by atoms with Crippen molar-refractivity contribution in [3.63, 3.8) is 0 Å². The lowest BCUT2D eigenvalue weighted by atomic mass is 9.85. The Labute approximate surface area is 219 Å². The Morgan fingerprint density at radius 1 is 0.946 bits per heavy atom. The molecule has 2 aromatic carbocycles. The highest BCUT2D eigenvalue weighted by atomic mass is 16.6. The van der Waals surface area contributed by atoms with Gasteiger partial charge in [0.15, 0.2) is 0 Å². The molecule has 2 aromatic rings. The molecule has 0 bridgehead atoms. The SMILES string of the molecule is C=Cc1ccc(COCCCOc2ccc3c(c2)C(=O)N([C@H](C(=O)OC(C)(C)C)C(C)(C)C)C3=O)cc1. The number of amides is 2. The Bertz CT molecular complexity index is 1150. The first-order valence-electron chi connectivity index (χ1n) is 12.5. The number of hydrogen-bond donors (Lipinski definition) is 0. The molecule has 0 saturated carbocycles. The summed E-state index contributed by atoms with van der Waals surface area (Å²) in [5, 5.41) is 0. The van der Waals surface area contributed by atoms with Crippen molar-refractivity contribution < 1.29 is 28.6 Å². The molecule has 0 radical (unpaired) electrons. The third-order valence-electron chi connectivity index (χ3n) is 5.78. The van der Waals surface area contributed by atoms with Gasteiger partial charge in [-0.25, -0.2) is 4.79 Å². The van der Waals surface area contributed by atoms with Crippen LogP contribution in [0.4, 0.5) is 0 Å². The molecule has 0 aliphatic carbocycles. The summed E-state index contributed by atoms with van der Waals surface area (Å²) >= 11 is 0. The van der Waals surface area contributed by atoms with Crippen LogP contribution in [-0.4, -0.2) is 47.5 Å². The van der Waals surface area contributed by atoms with Crippen LogP contribution in [0.15, 0.2) is 49.0 Å². The molecule has 0 saturated heterocycles. The third-order valence-corrected chi connectivity index (χ3v) is 5.78. The largest absolute Gasteiger partial charge is 0.493 e. The van der Waals surface area contributed by atoms with Crippen molar-refractivity contribution >= 4 is 23.9 Å². The average molecular weight is 508 g/mol. The van der Waals surface area contributed by atoms with Crippen molar-refractivity contribution in [3.05, 3.63) is 71.3 Å². The molecule has 198 valence electrons. The van der Waals surface area contributed by atoms with Gasteiger partial charge in [-0.3, -0.25) is 14.5 Å². The lowest BCUT2D eigenvalue weighted by Crippen LogP contribution is -2.53. The molecule has 37 heavy (non-hydrogen) atoms. The number of carbonyl (C=O) groups excluding carboxylic acids is 3. The average Bonchev–Trinajstić information content (AvgIpc) is 3.04. The van der Waals surface area contributed by atoms with E-state index < -0.39 is 34.8 Å². The number of fused-ring (bicyclic) bond motifs is 1. The van der Waals surface area contributed by atoms with Gasteiger partial charge in [0.2, 0.25) is 0 Å². The molecule has 2 amide bonds. The summed E-state index contributed by atoms with van der Waals surface area (Å²) in [5.74, 6) is -1.16. The first kappa shape index (κ1) is 28.1. The summed E-state index contributed by atoms with van der Waals surface area (Å²) in [6.07, 6.45) is 2.46. The van der Waals surface area contributed by atoms with Gasteiger partial charge in [-0.1, -0.05) is 57.7 Å². The van der Waals surface area contributed by atoms with Crippen LogP contribution < -0.4 is 4.74 Å². The second-order valence-corrected chi connectivity index (χ2v) is 11.2. The number of benzene rings is 2. The van der Waals surface area contributed by atoms with E-state index in [0.717, 1.165) is 16.0 Å². The second kappa shape index (κ2) is 11.3. The second-order valence-electron chi connectivity index (χ2n) is 11.2. The molecule has 3 rings (SSSR count). The van der Waals surface area contributed by atoms with E-state index in [2.05, 4.69) is 6.58 Å². The smallest absolute Gasteiger partial charge is 0.330 e. The fraction of sp³-hybridized carbons (Fsp3) is 0.433. The van der Waals surface area contributed by atoms with E-state index in [0.29, 0.717) is 32.0 Å². The lowest BCUT2D eigenvalue weighted by molar-refractivity contribution is -0.163. The van der Waals surface area contributed by atoms with Gasteiger partial charge >= 0.3 is 5.97 Å². The quantitative estimate of drug-likeness (QED) is 0.234. The maximum Gasteiger partial charge on any atom is 0.330 e. The minimum atomic E-state index is -1.06. The predicted octanol–water partition coefficient (Wildman–Crippen LogP) is 5.67. The Balaban J connectivity index is 1.60. The molecule has 0 N–H and O–H groups in total. The molecule has 0 aromatic heterocycles. The number of rotatable bonds is 10. The molecule has 7 nitrogen and oxygen atoms in total. The van der Waals surface area contributed by atoms with E-state index >= 15 is 0 Å². The van der Waals surface area contributed by atoms with Gasteiger partial charge in [-0.2, -0.15) is 0 Å². The monoisotopic (exact) mass is 507 g/mol. The Hall–Kier alpha value is -3.45. The van der Waals surface area contributed by atoms with Crippen LogP contribution >= 0.6 is 0 Å². The van der Waals surface area contributed by atoms with E-state index in [9.17, 15) is 14.4 Å². The summed E-state index contributed by atoms with van der Waals surface area (Å²) < 4.78 is 17.1. The zero-order valence-corrected chi connectivity index (χ0v) is 22.6. The molecule has 1 aliphatic rings. The molecule has 1 aliphatic heterocycles. The Morgan fingerprint density at radius 3 is 2.19 bits per heavy atom. The van der Waals surface area contributed by atoms with Gasteiger partial charge in [0.05, 0.1) is 30.9 Å². The predicted molar refractivity (Wildman–Crippen MR) is 142 cm³/mol. The Kier molecular flexibility index (Phi) is 8.59. The van der Waals surface area contributed by atoms with Gasteiger partial charge < -0.3 is 14.2 Å². The van der Waals surface area contributed by atoms with Gasteiger partial charge in [0.1, 0.15) is 17.4 Å². The zero-order valence-electron chi connectivity index (χ0n) is 22.6. The molecule has 7 heteroatoms. The van der Waals surface area contributed by atoms with E-state index in [-0.39, 0.29) is 11.1 Å². The molecular formula is C30H37NO6. The molecule has 0 spiro atoms. The van der Waals surface area contributed by atoms with Crippen molar-refractivity contribution in [2.75, 3.05) is 13.2 Å². The highest BCUT2D eigenvalue weighted by molar-refractivity contribution is 6.23. The zero-order chi connectivity index (χ0) is 27.4. The lowest BCUT2D eigenvalue weighted by Gasteiger charge is -2.36. The van der Waals surface area contributed by atoms with Gasteiger partial charge in [0.25, 0.3) is 11.8 Å². The van der Waals surface area contributed by atoms with Crippen LogP contribution in [0.5, 0.6) is 5.75 Å². The summed E-state index contributed by atoms with van der Waals surface area (Å²) in [6, 6.07) is 11.7. The van der Waals surface area contributed by atoms with E-state index in [4.69, 9.17) is 14.2 Å². The fourth-order valence-electron chi connectivity index (χ4n) is 4.06. The van der Waals surface area contributed by atoms with Crippen LogP contribution in [-0.2, 0) is 20.9 Å². The molecule has 0 unspecified atom stereocenters. The number of nitrogens with zero attached hydrogens (tertiary/aromatic N) is 1. The van der Waals surface area contributed by atoms with Gasteiger partial charge in [0, 0.05) is 6.42 Å². The standard InChI is InChI=1S/C30H37NO6/c1-8-20-10-12-21(13-11-20)19-35-16-9-17-36-22-14-15-23-24(18-22)27(33)31(26(23)32)25(29(2,3)4)28(34)37-30(5,6)7/h8,10-15,18,25H,1,9,16-17,19H2,2-7H3/t25-/m1/s1. The summed E-state index contributed by atoms with van der Waals surface area (Å²) in [4.78, 5) is 40.6. The number of esters is 1. The van der Waals surface area contributed by atoms with E-state index in [1.165, 1.54) is 0 Å². The fourth-order valence-corrected chi connectivity index (χ4v) is 4.06. The summed E-state index contributed by atoms with van der Waals surface area (Å²) in [5.41, 5.74) is 1.15. The molecule has 0 fully saturated rings. The minimum Gasteiger partial charge on any atom is -0.493 e. The van der Waals surface area contributed by atoms with Crippen molar-refractivity contribution in [1.29, 1.82) is 0 Å². The van der Waals surface area contributed by atoms with Crippen LogP contribution in [0.25, 0.3) is 6.08 Å². The number of imide groups is 1. The highest BCUT2D eigenvalue weighted by Crippen LogP contribution is 2.35. The van der Waals surface area contributed by atoms with Crippen molar-refractivity contribution in [1.82, 2.24) is 4.90 Å². The van der Waals surface area contributed by atoms with Crippen LogP contribution in [0.2, 0.25) is 0 Å². The van der Waals surface area contributed by atoms with Crippen LogP contribution in [0.3, 0.4) is 0 Å². The maximum absolute atomic E-state index is 13.3. The van der Waals surface area contributed by atoms with Crippen LogP contribution in [0.1, 0.15) is 79.8 Å². The van der Waals surface area contributed by atoms with E-state index in [1.54, 1.807) is 65.8 Å². The third kappa shape index (κ3) is 7.07. The summed E-state index contributed by atoms with van der Waals surface area (Å²) in [7, 11) is 0. The van der Waals surface area contributed by atoms with Crippen molar-refractivity contribution in [2.24, 2.45) is 5.41 Å². The molecular weight excluding hydrogens is 470 g/mol. The first-order chi connectivity index (χ1) is 17.3. The summed E-state index contributed by atoms with van der Waals surface area (Å²) in [6.45, 7) is 15.8. The first-order valence-corrected chi connectivity index (χ1v) is 12.5. The number of ether oxygens (including phenoxy) is 3. The topological polar surface area (TPSA) is 82.1 Å². The molecule has 1 heterocycles. The van der Waals surface area contributed by atoms with E-state index in [1.807, 2.05) is 24.3 Å². The minimum absolute atomic E-state index is 0.222.